The lowest BCUT2D eigenvalue weighted by Crippen LogP contribution is -2.50. The Kier molecular flexibility index (Phi) is 5.65. The van der Waals surface area contributed by atoms with Crippen LogP contribution in [0.3, 0.4) is 0 Å². The molecule has 1 aromatic carbocycles. The number of aryl methyl sites for hydroxylation is 2. The largest absolute Gasteiger partial charge is 0.339 e. The van der Waals surface area contributed by atoms with E-state index in [-0.39, 0.29) is 11.8 Å². The number of hydrogen-bond donors (Lipinski definition) is 1. The van der Waals surface area contributed by atoms with Crippen molar-refractivity contribution in [2.75, 3.05) is 31.5 Å². The molecule has 1 aliphatic heterocycles. The molecule has 2 aromatic rings. The van der Waals surface area contributed by atoms with Gasteiger partial charge >= 0.3 is 0 Å². The highest BCUT2D eigenvalue weighted by Crippen LogP contribution is 2.30. The summed E-state index contributed by atoms with van der Waals surface area (Å²) in [4.78, 5) is 32.1. The predicted molar refractivity (Wildman–Crippen MR) is 107 cm³/mol. The van der Waals surface area contributed by atoms with Gasteiger partial charge in [-0.15, -0.1) is 0 Å². The third-order valence-corrected chi connectivity index (χ3v) is 5.00. The lowest BCUT2D eigenvalue weighted by atomic mass is 10.1. The van der Waals surface area contributed by atoms with Crippen molar-refractivity contribution in [3.05, 3.63) is 52.2 Å². The summed E-state index contributed by atoms with van der Waals surface area (Å²) in [5.41, 5.74) is 3.45. The van der Waals surface area contributed by atoms with Crippen molar-refractivity contribution in [3.63, 3.8) is 0 Å². The number of benzene rings is 1. The average molecular weight is 387 g/mol. The van der Waals surface area contributed by atoms with E-state index in [9.17, 15) is 9.59 Å². The molecule has 3 rings (SSSR count). The maximum atomic E-state index is 12.8. The Balaban J connectivity index is 1.74. The summed E-state index contributed by atoms with van der Waals surface area (Å²) in [7, 11) is 0. The van der Waals surface area contributed by atoms with Crippen molar-refractivity contribution in [2.45, 2.75) is 20.8 Å². The molecule has 2 heterocycles. The smallest absolute Gasteiger partial charge is 0.254 e. The fourth-order valence-electron chi connectivity index (χ4n) is 3.24. The fraction of sp³-hybridized carbons (Fsp3) is 0.350. The minimum Gasteiger partial charge on any atom is -0.339 e. The predicted octanol–water partition coefficient (Wildman–Crippen LogP) is 3.40. The first-order valence-electron chi connectivity index (χ1n) is 8.90. The number of pyridine rings is 1. The number of nitrogens with zero attached hydrogens (tertiary/aromatic N) is 3. The van der Waals surface area contributed by atoms with Crippen LogP contribution in [-0.4, -0.2) is 52.8 Å². The van der Waals surface area contributed by atoms with E-state index in [0.29, 0.717) is 42.6 Å². The van der Waals surface area contributed by atoms with Crippen molar-refractivity contribution in [1.82, 2.24) is 14.8 Å². The summed E-state index contributed by atoms with van der Waals surface area (Å²) in [6, 6.07) is 7.36. The fourth-order valence-corrected chi connectivity index (χ4v) is 3.61. The molecule has 1 N–H and O–H groups in total. The van der Waals surface area contributed by atoms with Gasteiger partial charge in [-0.2, -0.15) is 0 Å². The molecule has 1 aliphatic rings. The summed E-state index contributed by atoms with van der Waals surface area (Å²) in [6.45, 7) is 7.72. The van der Waals surface area contributed by atoms with Crippen LogP contribution in [0.25, 0.3) is 0 Å². The van der Waals surface area contributed by atoms with Gasteiger partial charge in [-0.1, -0.05) is 17.7 Å². The molecule has 0 aliphatic carbocycles. The highest BCUT2D eigenvalue weighted by atomic mass is 35.5. The number of aromatic nitrogens is 1. The van der Waals surface area contributed by atoms with Gasteiger partial charge in [0, 0.05) is 44.9 Å². The summed E-state index contributed by atoms with van der Waals surface area (Å²) in [5, 5.41) is 3.84. The van der Waals surface area contributed by atoms with Crippen molar-refractivity contribution < 1.29 is 9.59 Å². The number of piperazine rings is 1. The normalized spacial score (nSPS) is 14.2. The summed E-state index contributed by atoms with van der Waals surface area (Å²) >= 11 is 6.35. The second-order valence-corrected chi connectivity index (χ2v) is 7.20. The second-order valence-electron chi connectivity index (χ2n) is 6.79. The molecule has 6 nitrogen and oxygen atoms in total. The van der Waals surface area contributed by atoms with Crippen LogP contribution in [0.15, 0.2) is 30.5 Å². The molecule has 0 spiro atoms. The van der Waals surface area contributed by atoms with E-state index in [0.717, 1.165) is 16.8 Å². The molecule has 27 heavy (non-hydrogen) atoms. The number of nitrogens with one attached hydrogen (secondary N) is 1. The first kappa shape index (κ1) is 19.2. The third kappa shape index (κ3) is 4.39. The molecule has 0 unspecified atom stereocenters. The van der Waals surface area contributed by atoms with E-state index in [4.69, 9.17) is 11.6 Å². The Morgan fingerprint density at radius 3 is 2.37 bits per heavy atom. The number of carbonyl (C=O) groups excluding carboxylic acids is 2. The van der Waals surface area contributed by atoms with Crippen LogP contribution in [0.1, 0.15) is 28.4 Å². The SMILES string of the molecule is CC(=O)N1CCN(C(=O)c2ccnc(Nc3c(C)cc(C)cc3Cl)c2)CC1. The topological polar surface area (TPSA) is 65.5 Å². The average Bonchev–Trinajstić information content (AvgIpc) is 2.64. The first-order valence-corrected chi connectivity index (χ1v) is 9.27. The van der Waals surface area contributed by atoms with Gasteiger partial charge in [-0.05, 0) is 43.2 Å². The zero-order valence-corrected chi connectivity index (χ0v) is 16.5. The second kappa shape index (κ2) is 7.96. The quantitative estimate of drug-likeness (QED) is 0.878. The van der Waals surface area contributed by atoms with Gasteiger partial charge in [0.1, 0.15) is 5.82 Å². The highest BCUT2D eigenvalue weighted by Gasteiger charge is 2.23. The summed E-state index contributed by atoms with van der Waals surface area (Å²) < 4.78 is 0. The van der Waals surface area contributed by atoms with E-state index < -0.39 is 0 Å². The minimum atomic E-state index is -0.0598. The molecule has 1 saturated heterocycles. The van der Waals surface area contributed by atoms with Gasteiger partial charge < -0.3 is 15.1 Å². The number of carbonyl (C=O) groups is 2. The number of amides is 2. The van der Waals surface area contributed by atoms with Crippen LogP contribution in [0.2, 0.25) is 5.02 Å². The zero-order chi connectivity index (χ0) is 19.6. The number of halogens is 1. The van der Waals surface area contributed by atoms with E-state index in [1.165, 1.54) is 0 Å². The van der Waals surface area contributed by atoms with Gasteiger partial charge in [0.15, 0.2) is 0 Å². The molecule has 1 fully saturated rings. The van der Waals surface area contributed by atoms with Crippen LogP contribution in [0.4, 0.5) is 11.5 Å². The van der Waals surface area contributed by atoms with Gasteiger partial charge in [0.2, 0.25) is 5.91 Å². The summed E-state index contributed by atoms with van der Waals surface area (Å²) in [5.74, 6) is 0.551. The Labute approximate surface area is 164 Å². The Morgan fingerprint density at radius 1 is 1.07 bits per heavy atom. The zero-order valence-electron chi connectivity index (χ0n) is 15.8. The minimum absolute atomic E-state index is 0.0443. The standard InChI is InChI=1S/C20H23ClN4O2/c1-13-10-14(2)19(17(21)11-13)23-18-12-16(4-5-22-18)20(27)25-8-6-24(7-9-25)15(3)26/h4-5,10-12H,6-9H2,1-3H3,(H,22,23). The molecular weight excluding hydrogens is 364 g/mol. The Bertz CT molecular complexity index is 853. The molecule has 0 atom stereocenters. The number of rotatable bonds is 3. The monoisotopic (exact) mass is 386 g/mol. The lowest BCUT2D eigenvalue weighted by molar-refractivity contribution is -0.130. The molecular formula is C20H23ClN4O2. The maximum absolute atomic E-state index is 12.8. The van der Waals surface area contributed by atoms with Crippen LogP contribution >= 0.6 is 11.6 Å². The van der Waals surface area contributed by atoms with Crippen LogP contribution in [0, 0.1) is 13.8 Å². The van der Waals surface area contributed by atoms with Crippen LogP contribution in [0.5, 0.6) is 0 Å². The molecule has 142 valence electrons. The molecule has 7 heteroatoms. The molecule has 2 amide bonds. The van der Waals surface area contributed by atoms with Crippen molar-refractivity contribution in [3.8, 4) is 0 Å². The van der Waals surface area contributed by atoms with E-state index >= 15 is 0 Å². The third-order valence-electron chi connectivity index (χ3n) is 4.70. The molecule has 1 aromatic heterocycles. The van der Waals surface area contributed by atoms with E-state index in [2.05, 4.69) is 10.3 Å². The Morgan fingerprint density at radius 2 is 1.74 bits per heavy atom. The van der Waals surface area contributed by atoms with Gasteiger partial charge in [0.05, 0.1) is 10.7 Å². The van der Waals surface area contributed by atoms with E-state index in [1.54, 1.807) is 35.1 Å². The molecule has 0 bridgehead atoms. The highest BCUT2D eigenvalue weighted by molar-refractivity contribution is 6.33. The van der Waals surface area contributed by atoms with Crippen LogP contribution in [-0.2, 0) is 4.79 Å². The van der Waals surface area contributed by atoms with Crippen molar-refractivity contribution in [2.24, 2.45) is 0 Å². The van der Waals surface area contributed by atoms with Gasteiger partial charge in [-0.25, -0.2) is 4.98 Å². The Hall–Kier alpha value is -2.60. The maximum Gasteiger partial charge on any atom is 0.254 e. The van der Waals surface area contributed by atoms with Gasteiger partial charge in [-0.3, -0.25) is 9.59 Å². The van der Waals surface area contributed by atoms with E-state index in [1.807, 2.05) is 26.0 Å². The van der Waals surface area contributed by atoms with Gasteiger partial charge in [0.25, 0.3) is 5.91 Å². The lowest BCUT2D eigenvalue weighted by Gasteiger charge is -2.34. The molecule has 0 radical (unpaired) electrons. The number of hydrogen-bond acceptors (Lipinski definition) is 4. The van der Waals surface area contributed by atoms with Crippen molar-refractivity contribution >= 4 is 34.9 Å². The van der Waals surface area contributed by atoms with Crippen LogP contribution < -0.4 is 5.32 Å². The summed E-state index contributed by atoms with van der Waals surface area (Å²) in [6.07, 6.45) is 1.61. The first-order chi connectivity index (χ1) is 12.8. The molecule has 0 saturated carbocycles. The number of anilines is 2. The van der Waals surface area contributed by atoms with Crippen molar-refractivity contribution in [1.29, 1.82) is 0 Å².